The summed E-state index contributed by atoms with van der Waals surface area (Å²) < 4.78 is 17.2. The van der Waals surface area contributed by atoms with Crippen LogP contribution >= 0.6 is 27.3 Å². The summed E-state index contributed by atoms with van der Waals surface area (Å²) in [5.41, 5.74) is 13.8. The van der Waals surface area contributed by atoms with Gasteiger partial charge in [-0.3, -0.25) is 0 Å². The molecule has 0 saturated heterocycles. The smallest absolute Gasteiger partial charge is 0.223 e. The molecule has 0 aliphatic carbocycles. The molecule has 0 radical (unpaired) electrons. The Hall–Kier alpha value is -2.26. The average molecular weight is 439 g/mol. The molecule has 0 bridgehead atoms. The predicted octanol–water partition coefficient (Wildman–Crippen LogP) is 3.43. The van der Waals surface area contributed by atoms with Crippen molar-refractivity contribution in [1.29, 1.82) is 0 Å². The number of benzene rings is 1. The lowest BCUT2D eigenvalue weighted by atomic mass is 10.0. The number of thiophene rings is 1. The fourth-order valence-corrected chi connectivity index (χ4v) is 4.50. The minimum atomic E-state index is 0.191. The fraction of sp³-hybridized carbons (Fsp3) is 0.294. The molecule has 0 amide bonds. The van der Waals surface area contributed by atoms with E-state index in [9.17, 15) is 0 Å². The van der Waals surface area contributed by atoms with Crippen LogP contribution in [0.3, 0.4) is 0 Å². The lowest BCUT2D eigenvalue weighted by Gasteiger charge is -2.16. The summed E-state index contributed by atoms with van der Waals surface area (Å²) in [6.07, 6.45) is 1.50. The standard InChI is InChI=1S/C17H19BrN4O3S/c1-23-10-6-8(12(18)14(25-3)13(10)24-2)4-5-9-7-26-16-11(9)15(19)21-17(20)22-16/h6-7H,4-5H2,1-3H3,(H4,19,20,21,22). The zero-order chi connectivity index (χ0) is 18.8. The van der Waals surface area contributed by atoms with E-state index < -0.39 is 0 Å². The first-order valence-corrected chi connectivity index (χ1v) is 9.43. The van der Waals surface area contributed by atoms with Crippen molar-refractivity contribution in [2.45, 2.75) is 12.8 Å². The highest BCUT2D eigenvalue weighted by Crippen LogP contribution is 2.45. The Morgan fingerprint density at radius 1 is 1.00 bits per heavy atom. The van der Waals surface area contributed by atoms with Gasteiger partial charge >= 0.3 is 0 Å². The van der Waals surface area contributed by atoms with Crippen molar-refractivity contribution in [2.24, 2.45) is 0 Å². The summed E-state index contributed by atoms with van der Waals surface area (Å²) in [6, 6.07) is 1.94. The van der Waals surface area contributed by atoms with E-state index in [0.717, 1.165) is 38.7 Å². The third kappa shape index (κ3) is 3.24. The maximum absolute atomic E-state index is 6.04. The molecule has 26 heavy (non-hydrogen) atoms. The van der Waals surface area contributed by atoms with Crippen LogP contribution in [0, 0.1) is 0 Å². The molecule has 0 unspecified atom stereocenters. The Morgan fingerprint density at radius 2 is 1.69 bits per heavy atom. The quantitative estimate of drug-likeness (QED) is 0.606. The van der Waals surface area contributed by atoms with Gasteiger partial charge in [0.05, 0.1) is 31.2 Å². The lowest BCUT2D eigenvalue weighted by Crippen LogP contribution is -2.02. The maximum atomic E-state index is 6.04. The summed E-state index contributed by atoms with van der Waals surface area (Å²) in [6.45, 7) is 0. The van der Waals surface area contributed by atoms with Crippen LogP contribution in [0.5, 0.6) is 17.2 Å². The Morgan fingerprint density at radius 3 is 2.35 bits per heavy atom. The van der Waals surface area contributed by atoms with Crippen molar-refractivity contribution in [2.75, 3.05) is 32.8 Å². The van der Waals surface area contributed by atoms with Crippen LogP contribution < -0.4 is 25.7 Å². The van der Waals surface area contributed by atoms with Crippen LogP contribution in [-0.2, 0) is 12.8 Å². The molecular formula is C17H19BrN4O3S. The average Bonchev–Trinajstić information content (AvgIpc) is 3.03. The second-order valence-electron chi connectivity index (χ2n) is 5.53. The number of aryl methyl sites for hydroxylation is 2. The number of nitrogens with zero attached hydrogens (tertiary/aromatic N) is 2. The van der Waals surface area contributed by atoms with E-state index in [2.05, 4.69) is 25.9 Å². The Labute approximate surface area is 163 Å². The monoisotopic (exact) mass is 438 g/mol. The largest absolute Gasteiger partial charge is 0.493 e. The minimum Gasteiger partial charge on any atom is -0.493 e. The number of anilines is 2. The van der Waals surface area contributed by atoms with Gasteiger partial charge in [-0.2, -0.15) is 4.98 Å². The van der Waals surface area contributed by atoms with Crippen LogP contribution in [0.25, 0.3) is 10.2 Å². The molecule has 0 spiro atoms. The third-order valence-electron chi connectivity index (χ3n) is 4.06. The fourth-order valence-electron chi connectivity index (χ4n) is 2.85. The second kappa shape index (κ2) is 7.55. The molecular weight excluding hydrogens is 420 g/mol. The maximum Gasteiger partial charge on any atom is 0.223 e. The van der Waals surface area contributed by atoms with Crippen molar-refractivity contribution >= 4 is 49.2 Å². The number of rotatable bonds is 6. The Bertz CT molecular complexity index is 961. The normalized spacial score (nSPS) is 10.9. The third-order valence-corrected chi connectivity index (χ3v) is 5.85. The molecule has 7 nitrogen and oxygen atoms in total. The van der Waals surface area contributed by atoms with Crippen LogP contribution in [0.4, 0.5) is 11.8 Å². The van der Waals surface area contributed by atoms with E-state index in [0.29, 0.717) is 23.1 Å². The van der Waals surface area contributed by atoms with Crippen LogP contribution in [0.1, 0.15) is 11.1 Å². The highest BCUT2D eigenvalue weighted by Gasteiger charge is 2.19. The van der Waals surface area contributed by atoms with E-state index in [1.807, 2.05) is 11.4 Å². The topological polar surface area (TPSA) is 106 Å². The van der Waals surface area contributed by atoms with Gasteiger partial charge in [0.15, 0.2) is 11.5 Å². The van der Waals surface area contributed by atoms with Crippen molar-refractivity contribution in [3.63, 3.8) is 0 Å². The van der Waals surface area contributed by atoms with Gasteiger partial charge in [0.2, 0.25) is 11.7 Å². The van der Waals surface area contributed by atoms with Crippen molar-refractivity contribution < 1.29 is 14.2 Å². The number of nitrogens with two attached hydrogens (primary N) is 2. The molecule has 138 valence electrons. The van der Waals surface area contributed by atoms with Crippen LogP contribution in [0.2, 0.25) is 0 Å². The molecule has 9 heteroatoms. The van der Waals surface area contributed by atoms with Gasteiger partial charge in [-0.05, 0) is 51.3 Å². The summed E-state index contributed by atoms with van der Waals surface area (Å²) in [7, 11) is 4.78. The first-order valence-electron chi connectivity index (χ1n) is 7.76. The van der Waals surface area contributed by atoms with Gasteiger partial charge in [0, 0.05) is 0 Å². The molecule has 0 aliphatic heterocycles. The summed E-state index contributed by atoms with van der Waals surface area (Å²) in [5.74, 6) is 2.38. The van der Waals surface area contributed by atoms with E-state index in [1.54, 1.807) is 21.3 Å². The molecule has 3 aromatic rings. The SMILES string of the molecule is COc1cc(CCc2csc3nc(N)nc(N)c23)c(Br)c(OC)c1OC. The number of fused-ring (bicyclic) bond motifs is 1. The van der Waals surface area contributed by atoms with Gasteiger partial charge in [0.1, 0.15) is 10.6 Å². The van der Waals surface area contributed by atoms with Crippen molar-refractivity contribution in [3.8, 4) is 17.2 Å². The van der Waals surface area contributed by atoms with E-state index >= 15 is 0 Å². The zero-order valence-corrected chi connectivity index (χ0v) is 17.0. The highest BCUT2D eigenvalue weighted by atomic mass is 79.9. The van der Waals surface area contributed by atoms with Crippen LogP contribution in [-0.4, -0.2) is 31.3 Å². The van der Waals surface area contributed by atoms with E-state index in [1.165, 1.54) is 11.3 Å². The summed E-state index contributed by atoms with van der Waals surface area (Å²) >= 11 is 5.12. The Balaban J connectivity index is 1.95. The lowest BCUT2D eigenvalue weighted by molar-refractivity contribution is 0.322. The minimum absolute atomic E-state index is 0.191. The van der Waals surface area contributed by atoms with Gasteiger partial charge < -0.3 is 25.7 Å². The first-order chi connectivity index (χ1) is 12.5. The molecule has 2 heterocycles. The van der Waals surface area contributed by atoms with Gasteiger partial charge in [-0.25, -0.2) is 4.98 Å². The predicted molar refractivity (Wildman–Crippen MR) is 107 cm³/mol. The molecule has 0 aliphatic rings. The second-order valence-corrected chi connectivity index (χ2v) is 7.18. The summed E-state index contributed by atoms with van der Waals surface area (Å²) in [4.78, 5) is 9.12. The molecule has 3 rings (SSSR count). The zero-order valence-electron chi connectivity index (χ0n) is 14.6. The first kappa shape index (κ1) is 18.5. The van der Waals surface area contributed by atoms with Crippen molar-refractivity contribution in [3.05, 3.63) is 27.0 Å². The molecule has 1 aromatic carbocycles. The molecule has 4 N–H and O–H groups in total. The van der Waals surface area contributed by atoms with E-state index in [-0.39, 0.29) is 5.95 Å². The number of hydrogen-bond donors (Lipinski definition) is 2. The molecule has 2 aromatic heterocycles. The number of aromatic nitrogens is 2. The highest BCUT2D eigenvalue weighted by molar-refractivity contribution is 9.10. The van der Waals surface area contributed by atoms with E-state index in [4.69, 9.17) is 25.7 Å². The number of halogens is 1. The summed E-state index contributed by atoms with van der Waals surface area (Å²) in [5, 5.41) is 2.91. The van der Waals surface area contributed by atoms with Crippen LogP contribution in [0.15, 0.2) is 15.9 Å². The number of hydrogen-bond acceptors (Lipinski definition) is 8. The Kier molecular flexibility index (Phi) is 5.38. The molecule has 0 saturated carbocycles. The number of nitrogen functional groups attached to an aromatic ring is 2. The molecule has 0 fully saturated rings. The van der Waals surface area contributed by atoms with Crippen molar-refractivity contribution in [1.82, 2.24) is 9.97 Å². The number of methoxy groups -OCH3 is 3. The van der Waals surface area contributed by atoms with Gasteiger partial charge in [-0.15, -0.1) is 11.3 Å². The van der Waals surface area contributed by atoms with Gasteiger partial charge in [0.25, 0.3) is 0 Å². The van der Waals surface area contributed by atoms with Gasteiger partial charge in [-0.1, -0.05) is 0 Å². The number of ether oxygens (including phenoxy) is 3. The molecule has 0 atom stereocenters.